The fourth-order valence-corrected chi connectivity index (χ4v) is 0. The Morgan fingerprint density at radius 2 is 1.25 bits per heavy atom. The van der Waals surface area contributed by atoms with Crippen LogP contribution < -0.4 is 0 Å². The van der Waals surface area contributed by atoms with E-state index in [-0.39, 0.29) is 13.5 Å². The highest BCUT2D eigenvalue weighted by Crippen LogP contribution is 1.29. The summed E-state index contributed by atoms with van der Waals surface area (Å²) in [5, 5.41) is 0. The molecule has 0 rings (SSSR count). The minimum Gasteiger partial charge on any atom is -0.0148 e. The van der Waals surface area contributed by atoms with Crippen LogP contribution in [0, 0.1) is 0 Å². The fraction of sp³-hybridized carbons (Fsp3) is 0. The Hall–Kier alpha value is 0.570. The molecule has 0 saturated heterocycles. The molecule has 0 N–H and O–H groups in total. The first-order valence-electron chi connectivity index (χ1n) is 0.408. The van der Waals surface area contributed by atoms with Crippen LogP contribution in [-0.2, 0) is 0 Å². The van der Waals surface area contributed by atoms with Crippen LogP contribution in [0.4, 0.5) is 0 Å². The van der Waals surface area contributed by atoms with E-state index < -0.39 is 0 Å². The number of rotatable bonds is 0. The van der Waals surface area contributed by atoms with Crippen molar-refractivity contribution in [1.29, 1.82) is 0 Å². The van der Waals surface area contributed by atoms with Crippen LogP contribution in [0.1, 0.15) is 0 Å². The molecule has 0 aromatic heterocycles. The molecule has 0 unspecified atom stereocenters. The lowest BCUT2D eigenvalue weighted by Gasteiger charge is -0.992. The minimum absolute atomic E-state index is 0. The monoisotopic (exact) mass is 108 g/mol. The highest BCUT2D eigenvalue weighted by molar-refractivity contribution is 7.93. The molecule has 22 valence electrons. The molecular weight excluding hydrogens is 108 g/mol. The van der Waals surface area contributed by atoms with Gasteiger partial charge in [-0.05, 0) is 24.4 Å². The molecule has 0 bridgehead atoms. The van der Waals surface area contributed by atoms with Crippen molar-refractivity contribution in [3.63, 3.8) is 0 Å². The van der Waals surface area contributed by atoms with Gasteiger partial charge in [-0.3, -0.25) is 0 Å². The first-order valence-corrected chi connectivity index (χ1v) is 1.22. The molecule has 0 amide bonds. The van der Waals surface area contributed by atoms with Crippen LogP contribution in [-0.4, -0.2) is 4.31 Å². The van der Waals surface area contributed by atoms with Crippen LogP contribution in [0.15, 0.2) is 0 Å². The van der Waals surface area contributed by atoms with Crippen molar-refractivity contribution < 1.29 is 0 Å². The number of hydrogen-bond acceptors (Lipinski definition) is 2. The smallest absolute Gasteiger partial charge is 0.0148 e. The van der Waals surface area contributed by atoms with Crippen molar-refractivity contribution in [2.24, 2.45) is 0 Å². The van der Waals surface area contributed by atoms with Gasteiger partial charge in [-0.1, -0.05) is 0 Å². The van der Waals surface area contributed by atoms with E-state index in [4.69, 9.17) is 0 Å². The van der Waals surface area contributed by atoms with Crippen LogP contribution in [0.3, 0.4) is 0 Å². The Bertz CT molecular complexity index is 24.3. The van der Waals surface area contributed by atoms with E-state index in [0.717, 1.165) is 0 Å². The van der Waals surface area contributed by atoms with E-state index in [1.165, 1.54) is 0 Å². The minimum atomic E-state index is 0. The van der Waals surface area contributed by atoms with Gasteiger partial charge < -0.3 is 0 Å². The molecular formula is CS3. The molecule has 0 nitrogen and oxygen atoms in total. The van der Waals surface area contributed by atoms with Gasteiger partial charge in [0.25, 0.3) is 0 Å². The number of thiocarbonyl (C=S) groups is 2. The maximum Gasteiger partial charge on any atom is 0.0297 e. The predicted molar refractivity (Wildman–Crippen MR) is 27.8 cm³/mol. The fourth-order valence-electron chi connectivity index (χ4n) is 0. The van der Waals surface area contributed by atoms with E-state index >= 15 is 0 Å². The summed E-state index contributed by atoms with van der Waals surface area (Å²) in [6.45, 7) is 0. The highest BCUT2D eigenvalue weighted by atomic mass is 32.1. The van der Waals surface area contributed by atoms with Crippen LogP contribution in [0.25, 0.3) is 0 Å². The maximum atomic E-state index is 3.96. The molecule has 0 aliphatic rings. The highest BCUT2D eigenvalue weighted by Gasteiger charge is 1.01. The van der Waals surface area contributed by atoms with Crippen LogP contribution in [0.2, 0.25) is 0 Å². The standard InChI is InChI=1S/CS2.S/c2-1-3;. The van der Waals surface area contributed by atoms with Gasteiger partial charge in [0.1, 0.15) is 0 Å². The Kier molecular flexibility index (Phi) is 21.1. The van der Waals surface area contributed by atoms with Crippen LogP contribution >= 0.6 is 37.9 Å². The molecule has 0 aromatic carbocycles. The van der Waals surface area contributed by atoms with Crippen molar-refractivity contribution in [3.8, 4) is 0 Å². The van der Waals surface area contributed by atoms with Gasteiger partial charge in [0.2, 0.25) is 0 Å². The van der Waals surface area contributed by atoms with E-state index in [9.17, 15) is 0 Å². The summed E-state index contributed by atoms with van der Waals surface area (Å²) < 4.78 is 1.92. The normalized spacial score (nSPS) is 2.00. The van der Waals surface area contributed by atoms with Gasteiger partial charge in [-0.25, -0.2) is 0 Å². The maximum absolute atomic E-state index is 3.96. The van der Waals surface area contributed by atoms with E-state index in [1.807, 2.05) is 4.31 Å². The second kappa shape index (κ2) is 9.57. The lowest BCUT2D eigenvalue weighted by atomic mass is 12.0. The van der Waals surface area contributed by atoms with Crippen molar-refractivity contribution >= 4 is 42.2 Å². The van der Waals surface area contributed by atoms with Crippen molar-refractivity contribution in [3.05, 3.63) is 0 Å². The van der Waals surface area contributed by atoms with Crippen molar-refractivity contribution in [2.75, 3.05) is 0 Å². The van der Waals surface area contributed by atoms with Gasteiger partial charge >= 0.3 is 0 Å². The predicted octanol–water partition coefficient (Wildman–Crippen LogP) is 1.67. The summed E-state index contributed by atoms with van der Waals surface area (Å²) in [5.74, 6) is 0. The summed E-state index contributed by atoms with van der Waals surface area (Å²) in [4.78, 5) is 0. The Morgan fingerprint density at radius 1 is 1.25 bits per heavy atom. The zero-order chi connectivity index (χ0) is 2.71. The molecule has 0 atom stereocenters. The first-order chi connectivity index (χ1) is 1.41. The molecule has 0 heterocycles. The Labute approximate surface area is 42.6 Å². The van der Waals surface area contributed by atoms with Crippen LogP contribution in [0.5, 0.6) is 0 Å². The summed E-state index contributed by atoms with van der Waals surface area (Å²) >= 11 is 7.92. The lowest BCUT2D eigenvalue weighted by Crippen LogP contribution is -0.917. The van der Waals surface area contributed by atoms with Gasteiger partial charge in [0.15, 0.2) is 0 Å². The average Bonchev–Trinajstić information content (AvgIpc) is 0.918. The van der Waals surface area contributed by atoms with Crippen molar-refractivity contribution in [2.45, 2.75) is 0 Å². The van der Waals surface area contributed by atoms with E-state index in [2.05, 4.69) is 24.4 Å². The summed E-state index contributed by atoms with van der Waals surface area (Å²) in [5.41, 5.74) is 0. The Morgan fingerprint density at radius 3 is 1.25 bits per heavy atom. The van der Waals surface area contributed by atoms with Gasteiger partial charge in [0, 0.05) is 17.8 Å². The Balaban J connectivity index is 0. The molecule has 0 aliphatic heterocycles. The van der Waals surface area contributed by atoms with E-state index in [0.29, 0.717) is 0 Å². The largest absolute Gasteiger partial charge is 0.0297 e. The second-order valence-corrected chi connectivity index (χ2v) is 0.750. The quantitative estimate of drug-likeness (QED) is 0.433. The zero-order valence-corrected chi connectivity index (χ0v) is 4.17. The third-order valence-corrected chi connectivity index (χ3v) is 0. The molecule has 0 saturated carbocycles. The molecule has 0 aliphatic carbocycles. The third kappa shape index (κ3) is 19.5. The topological polar surface area (TPSA) is 0 Å². The third-order valence-electron chi connectivity index (χ3n) is 0. The molecule has 3 heteroatoms. The molecule has 2 radical (unpaired) electrons. The lowest BCUT2D eigenvalue weighted by molar-refractivity contribution is 4.67. The van der Waals surface area contributed by atoms with Gasteiger partial charge in [-0.2, -0.15) is 0 Å². The summed E-state index contributed by atoms with van der Waals surface area (Å²) in [6.07, 6.45) is 0. The first kappa shape index (κ1) is 8.82. The average molecular weight is 108 g/mol. The van der Waals surface area contributed by atoms with Crippen molar-refractivity contribution in [1.82, 2.24) is 0 Å². The van der Waals surface area contributed by atoms with E-state index in [1.54, 1.807) is 0 Å². The molecule has 0 spiro atoms. The molecule has 4 heavy (non-hydrogen) atoms. The van der Waals surface area contributed by atoms with Gasteiger partial charge in [-0.15, -0.1) is 0 Å². The molecule has 0 aromatic rings. The second-order valence-electron chi connectivity index (χ2n) is 0.0833. The molecule has 0 fully saturated rings. The zero-order valence-electron chi connectivity index (χ0n) is 1.72. The summed E-state index contributed by atoms with van der Waals surface area (Å²) in [6, 6.07) is 0. The van der Waals surface area contributed by atoms with Gasteiger partial charge in [0.05, 0.1) is 0 Å². The number of hydrogen-bond donors (Lipinski definition) is 0. The summed E-state index contributed by atoms with van der Waals surface area (Å²) in [7, 11) is 0. The SMILES string of the molecule is S=C=S.[S].